The quantitative estimate of drug-likeness (QED) is 0.485. The minimum Gasteiger partial charge on any atom is -0.307 e. The molecule has 0 spiro atoms. The summed E-state index contributed by atoms with van der Waals surface area (Å²) in [5.74, 6) is 5.41. The maximum Gasteiger partial charge on any atom is 0.335 e. The van der Waals surface area contributed by atoms with Crippen LogP contribution in [0.15, 0.2) is 28.7 Å². The lowest BCUT2D eigenvalue weighted by atomic mass is 10.3. The fourth-order valence-corrected chi connectivity index (χ4v) is 1.14. The van der Waals surface area contributed by atoms with Crippen LogP contribution in [0.1, 0.15) is 6.92 Å². The van der Waals surface area contributed by atoms with Gasteiger partial charge in [-0.2, -0.15) is 0 Å². The van der Waals surface area contributed by atoms with Crippen LogP contribution in [-0.4, -0.2) is 17.6 Å². The molecule has 0 fully saturated rings. The lowest BCUT2D eigenvalue weighted by molar-refractivity contribution is 0.215. The van der Waals surface area contributed by atoms with E-state index in [0.717, 1.165) is 15.2 Å². The highest BCUT2D eigenvalue weighted by molar-refractivity contribution is 9.10. The molecule has 0 aromatic heterocycles. The summed E-state index contributed by atoms with van der Waals surface area (Å²) < 4.78 is 0.968. The minimum absolute atomic E-state index is 0.310. The minimum atomic E-state index is -0.310. The number of hydrogen-bond acceptors (Lipinski definition) is 2. The van der Waals surface area contributed by atoms with Gasteiger partial charge in [0.25, 0.3) is 0 Å². The molecule has 0 radical (unpaired) electrons. The van der Waals surface area contributed by atoms with Crippen LogP contribution in [0.2, 0.25) is 0 Å². The van der Waals surface area contributed by atoms with Crippen LogP contribution in [0.25, 0.3) is 0 Å². The molecule has 0 unspecified atom stereocenters. The van der Waals surface area contributed by atoms with Gasteiger partial charge in [0, 0.05) is 16.7 Å². The summed E-state index contributed by atoms with van der Waals surface area (Å²) in [7, 11) is 0. The highest BCUT2D eigenvalue weighted by Gasteiger charge is 2.05. The van der Waals surface area contributed by atoms with Crippen LogP contribution in [0.5, 0.6) is 0 Å². The molecular weight excluding hydrogens is 246 g/mol. The molecule has 1 aromatic rings. The Morgan fingerprint density at radius 1 is 1.50 bits per heavy atom. The van der Waals surface area contributed by atoms with E-state index in [2.05, 4.69) is 21.2 Å². The fraction of sp³-hybridized carbons (Fsp3) is 0.222. The van der Waals surface area contributed by atoms with Crippen molar-refractivity contribution in [2.45, 2.75) is 6.92 Å². The summed E-state index contributed by atoms with van der Waals surface area (Å²) in [6, 6.07) is 6.98. The zero-order valence-corrected chi connectivity index (χ0v) is 9.41. The number of nitrogens with one attached hydrogen (secondary N) is 1. The third-order valence-electron chi connectivity index (χ3n) is 1.70. The first-order valence-corrected chi connectivity index (χ1v) is 5.01. The normalized spacial score (nSPS) is 9.64. The highest BCUT2D eigenvalue weighted by atomic mass is 79.9. The van der Waals surface area contributed by atoms with Crippen LogP contribution in [0.3, 0.4) is 0 Å². The number of benzene rings is 1. The standard InChI is InChI=1S/C9H12BrN3O/c1-2-13(11)9(14)12-8-5-3-7(10)4-6-8/h3-6H,2,11H2,1H3,(H,12,14). The van der Waals surface area contributed by atoms with E-state index in [1.54, 1.807) is 19.1 Å². The molecule has 0 heterocycles. The van der Waals surface area contributed by atoms with Crippen molar-refractivity contribution in [2.75, 3.05) is 11.9 Å². The molecule has 5 heteroatoms. The molecule has 0 aliphatic heterocycles. The van der Waals surface area contributed by atoms with Gasteiger partial charge in [0.15, 0.2) is 0 Å². The van der Waals surface area contributed by atoms with Gasteiger partial charge in [-0.1, -0.05) is 15.9 Å². The Morgan fingerprint density at radius 3 is 2.57 bits per heavy atom. The van der Waals surface area contributed by atoms with Crippen LogP contribution < -0.4 is 11.2 Å². The maximum absolute atomic E-state index is 11.3. The number of nitrogens with two attached hydrogens (primary N) is 1. The first kappa shape index (κ1) is 11.0. The second-order valence-corrected chi connectivity index (χ2v) is 3.64. The number of hydrogen-bond donors (Lipinski definition) is 2. The lowest BCUT2D eigenvalue weighted by Crippen LogP contribution is -2.40. The molecule has 0 atom stereocenters. The van der Waals surface area contributed by atoms with Gasteiger partial charge in [-0.25, -0.2) is 10.6 Å². The predicted molar refractivity (Wildman–Crippen MR) is 59.7 cm³/mol. The number of amides is 2. The van der Waals surface area contributed by atoms with E-state index in [-0.39, 0.29) is 6.03 Å². The van der Waals surface area contributed by atoms with Crippen LogP contribution >= 0.6 is 15.9 Å². The Hall–Kier alpha value is -1.07. The smallest absolute Gasteiger partial charge is 0.307 e. The van der Waals surface area contributed by atoms with Crippen molar-refractivity contribution >= 4 is 27.6 Å². The van der Waals surface area contributed by atoms with E-state index < -0.39 is 0 Å². The molecule has 0 aliphatic rings. The Bertz CT molecular complexity index is 312. The van der Waals surface area contributed by atoms with E-state index in [1.165, 1.54) is 0 Å². The van der Waals surface area contributed by atoms with Crippen LogP contribution in [0.4, 0.5) is 10.5 Å². The largest absolute Gasteiger partial charge is 0.335 e. The SMILES string of the molecule is CCN(N)C(=O)Nc1ccc(Br)cc1. The summed E-state index contributed by atoms with van der Waals surface area (Å²) in [5.41, 5.74) is 0.724. The van der Waals surface area contributed by atoms with Crippen LogP contribution in [-0.2, 0) is 0 Å². The first-order chi connectivity index (χ1) is 6.63. The number of carbonyl (C=O) groups excluding carboxylic acids is 1. The lowest BCUT2D eigenvalue weighted by Gasteiger charge is -2.14. The predicted octanol–water partition coefficient (Wildman–Crippen LogP) is 2.18. The molecule has 2 amide bonds. The first-order valence-electron chi connectivity index (χ1n) is 4.22. The molecule has 14 heavy (non-hydrogen) atoms. The van der Waals surface area contributed by atoms with Gasteiger partial charge >= 0.3 is 6.03 Å². The van der Waals surface area contributed by atoms with Gasteiger partial charge in [0.1, 0.15) is 0 Å². The van der Waals surface area contributed by atoms with Crippen molar-refractivity contribution in [1.29, 1.82) is 0 Å². The van der Waals surface area contributed by atoms with E-state index in [9.17, 15) is 4.79 Å². The summed E-state index contributed by atoms with van der Waals surface area (Å²) in [4.78, 5) is 11.3. The molecule has 0 aliphatic carbocycles. The topological polar surface area (TPSA) is 58.4 Å². The third kappa shape index (κ3) is 3.01. The molecule has 4 nitrogen and oxygen atoms in total. The number of nitrogens with zero attached hydrogens (tertiary/aromatic N) is 1. The Balaban J connectivity index is 2.60. The van der Waals surface area contributed by atoms with Gasteiger partial charge in [0.2, 0.25) is 0 Å². The molecule has 1 aromatic carbocycles. The molecule has 76 valence electrons. The summed E-state index contributed by atoms with van der Waals surface area (Å²) in [5, 5.41) is 3.77. The maximum atomic E-state index is 11.3. The van der Waals surface area contributed by atoms with Gasteiger partial charge in [-0.05, 0) is 31.2 Å². The molecule has 0 saturated carbocycles. The van der Waals surface area contributed by atoms with Crippen LogP contribution in [0, 0.1) is 0 Å². The Morgan fingerprint density at radius 2 is 2.07 bits per heavy atom. The Kier molecular flexibility index (Phi) is 3.91. The summed E-state index contributed by atoms with van der Waals surface area (Å²) in [6.45, 7) is 2.28. The Labute approximate surface area is 91.2 Å². The number of urea groups is 1. The summed E-state index contributed by atoms with van der Waals surface area (Å²) >= 11 is 3.31. The van der Waals surface area contributed by atoms with E-state index in [1.807, 2.05) is 12.1 Å². The average molecular weight is 258 g/mol. The number of rotatable bonds is 2. The molecule has 3 N–H and O–H groups in total. The zero-order chi connectivity index (χ0) is 10.6. The molecule has 0 saturated heterocycles. The molecule has 0 bridgehead atoms. The average Bonchev–Trinajstić information content (AvgIpc) is 2.20. The highest BCUT2D eigenvalue weighted by Crippen LogP contribution is 2.14. The summed E-state index contributed by atoms with van der Waals surface area (Å²) in [6.07, 6.45) is 0. The zero-order valence-electron chi connectivity index (χ0n) is 7.83. The van der Waals surface area contributed by atoms with Gasteiger partial charge in [0.05, 0.1) is 0 Å². The van der Waals surface area contributed by atoms with Crippen molar-refractivity contribution in [1.82, 2.24) is 5.01 Å². The monoisotopic (exact) mass is 257 g/mol. The number of carbonyl (C=O) groups is 1. The number of hydrazine groups is 1. The molecular formula is C9H12BrN3O. The third-order valence-corrected chi connectivity index (χ3v) is 2.23. The van der Waals surface area contributed by atoms with Crippen molar-refractivity contribution in [2.24, 2.45) is 5.84 Å². The van der Waals surface area contributed by atoms with Gasteiger partial charge in [-0.15, -0.1) is 0 Å². The van der Waals surface area contributed by atoms with Crippen molar-refractivity contribution in [3.63, 3.8) is 0 Å². The van der Waals surface area contributed by atoms with Gasteiger partial charge in [-0.3, -0.25) is 5.01 Å². The second kappa shape index (κ2) is 4.97. The van der Waals surface area contributed by atoms with Crippen molar-refractivity contribution < 1.29 is 4.79 Å². The molecule has 1 rings (SSSR count). The van der Waals surface area contributed by atoms with Crippen molar-refractivity contribution in [3.8, 4) is 0 Å². The fourth-order valence-electron chi connectivity index (χ4n) is 0.872. The number of anilines is 1. The van der Waals surface area contributed by atoms with E-state index in [4.69, 9.17) is 5.84 Å². The van der Waals surface area contributed by atoms with E-state index in [0.29, 0.717) is 6.54 Å². The van der Waals surface area contributed by atoms with E-state index >= 15 is 0 Å². The number of halogens is 1. The second-order valence-electron chi connectivity index (χ2n) is 2.72. The van der Waals surface area contributed by atoms with Gasteiger partial charge < -0.3 is 5.32 Å². The van der Waals surface area contributed by atoms with Crippen molar-refractivity contribution in [3.05, 3.63) is 28.7 Å².